The lowest BCUT2D eigenvalue weighted by Gasteiger charge is -2.36. The van der Waals surface area contributed by atoms with Crippen LogP contribution in [0.25, 0.3) is 0 Å². The molecule has 1 aromatic rings. The molecule has 0 atom stereocenters. The van der Waals surface area contributed by atoms with E-state index in [1.165, 1.54) is 0 Å². The molecule has 0 saturated heterocycles. The zero-order chi connectivity index (χ0) is 16.2. The van der Waals surface area contributed by atoms with E-state index in [4.69, 9.17) is 9.47 Å². The number of carbonyl (C=O) groups is 1. The summed E-state index contributed by atoms with van der Waals surface area (Å²) in [7, 11) is 0. The normalized spacial score (nSPS) is 22.2. The number of benzene rings is 1. The van der Waals surface area contributed by atoms with Crippen molar-refractivity contribution >= 4 is 5.97 Å². The Kier molecular flexibility index (Phi) is 5.49. The summed E-state index contributed by atoms with van der Waals surface area (Å²) in [5.74, 6) is 2.07. The van der Waals surface area contributed by atoms with Gasteiger partial charge >= 0.3 is 5.97 Å². The Morgan fingerprint density at radius 3 is 2.09 bits per heavy atom. The summed E-state index contributed by atoms with van der Waals surface area (Å²) >= 11 is 0. The quantitative estimate of drug-likeness (QED) is 0.589. The smallest absolute Gasteiger partial charge is 0.314 e. The highest BCUT2D eigenvalue weighted by molar-refractivity contribution is 5.75. The van der Waals surface area contributed by atoms with Crippen LogP contribution in [0.5, 0.6) is 11.5 Å². The van der Waals surface area contributed by atoms with Gasteiger partial charge in [0.2, 0.25) is 0 Å². The molecule has 0 aliphatic heterocycles. The second-order valence-corrected chi connectivity index (χ2v) is 7.24. The molecule has 0 heterocycles. The number of rotatable bonds is 4. The molecule has 1 aliphatic carbocycles. The minimum atomic E-state index is -0.0866. The fraction of sp³-hybridized carbons (Fsp3) is 0.632. The molecule has 0 spiro atoms. The van der Waals surface area contributed by atoms with Crippen molar-refractivity contribution in [2.45, 2.75) is 53.4 Å². The van der Waals surface area contributed by atoms with Crippen LogP contribution in [0.4, 0.5) is 0 Å². The summed E-state index contributed by atoms with van der Waals surface area (Å²) in [4.78, 5) is 12.3. The molecule has 3 nitrogen and oxygen atoms in total. The van der Waals surface area contributed by atoms with Gasteiger partial charge in [0.05, 0.1) is 12.5 Å². The van der Waals surface area contributed by atoms with Crippen LogP contribution < -0.4 is 9.47 Å². The van der Waals surface area contributed by atoms with Crippen LogP contribution in [-0.2, 0) is 4.79 Å². The molecule has 2 rings (SSSR count). The van der Waals surface area contributed by atoms with E-state index < -0.39 is 0 Å². The van der Waals surface area contributed by atoms with Crippen LogP contribution in [0, 0.1) is 17.3 Å². The summed E-state index contributed by atoms with van der Waals surface area (Å²) in [6.07, 6.45) is 4.12. The zero-order valence-corrected chi connectivity index (χ0v) is 14.2. The molecule has 1 aliphatic rings. The van der Waals surface area contributed by atoms with Gasteiger partial charge in [0.15, 0.2) is 0 Å². The Hall–Kier alpha value is -1.51. The fourth-order valence-corrected chi connectivity index (χ4v) is 3.17. The first-order valence-electron chi connectivity index (χ1n) is 8.34. The lowest BCUT2D eigenvalue weighted by Crippen LogP contribution is -2.30. The number of esters is 1. The second-order valence-electron chi connectivity index (χ2n) is 7.24. The third-order valence-corrected chi connectivity index (χ3v) is 4.64. The summed E-state index contributed by atoms with van der Waals surface area (Å²) in [6.45, 7) is 9.45. The highest BCUT2D eigenvalue weighted by Gasteiger charge is 2.33. The van der Waals surface area contributed by atoms with Crippen LogP contribution in [-0.4, -0.2) is 12.6 Å². The van der Waals surface area contributed by atoms with Crippen molar-refractivity contribution in [2.24, 2.45) is 17.3 Å². The van der Waals surface area contributed by atoms with Gasteiger partial charge in [-0.1, -0.05) is 20.8 Å². The first kappa shape index (κ1) is 16.9. The second kappa shape index (κ2) is 7.17. The van der Waals surface area contributed by atoms with Gasteiger partial charge < -0.3 is 9.47 Å². The average molecular weight is 304 g/mol. The van der Waals surface area contributed by atoms with E-state index >= 15 is 0 Å². The Balaban J connectivity index is 1.85. The van der Waals surface area contributed by atoms with E-state index in [0.717, 1.165) is 31.4 Å². The Morgan fingerprint density at radius 2 is 1.59 bits per heavy atom. The highest BCUT2D eigenvalue weighted by Crippen LogP contribution is 2.40. The molecule has 0 N–H and O–H groups in total. The summed E-state index contributed by atoms with van der Waals surface area (Å²) in [6, 6.07) is 7.26. The maximum absolute atomic E-state index is 12.3. The Bertz CT molecular complexity index is 476. The lowest BCUT2D eigenvalue weighted by molar-refractivity contribution is -0.140. The highest BCUT2D eigenvalue weighted by atomic mass is 16.5. The molecule has 1 aromatic carbocycles. The molecule has 22 heavy (non-hydrogen) atoms. The van der Waals surface area contributed by atoms with Crippen molar-refractivity contribution in [3.8, 4) is 11.5 Å². The van der Waals surface area contributed by atoms with Crippen LogP contribution in [0.1, 0.15) is 53.4 Å². The largest absolute Gasteiger partial charge is 0.494 e. The van der Waals surface area contributed by atoms with Gasteiger partial charge in [-0.15, -0.1) is 0 Å². The number of hydrogen-bond acceptors (Lipinski definition) is 3. The molecule has 0 amide bonds. The molecule has 0 bridgehead atoms. The van der Waals surface area contributed by atoms with Gasteiger partial charge in [-0.25, -0.2) is 0 Å². The third-order valence-electron chi connectivity index (χ3n) is 4.64. The summed E-state index contributed by atoms with van der Waals surface area (Å²) in [5, 5.41) is 0. The minimum Gasteiger partial charge on any atom is -0.494 e. The number of hydrogen-bond donors (Lipinski definition) is 0. The molecular weight excluding hydrogens is 276 g/mol. The topological polar surface area (TPSA) is 35.5 Å². The molecule has 0 unspecified atom stereocenters. The van der Waals surface area contributed by atoms with E-state index in [0.29, 0.717) is 23.7 Å². The van der Waals surface area contributed by atoms with Gasteiger partial charge in [-0.05, 0) is 68.2 Å². The van der Waals surface area contributed by atoms with Gasteiger partial charge in [0.1, 0.15) is 11.5 Å². The number of ether oxygens (including phenoxy) is 2. The molecule has 122 valence electrons. The lowest BCUT2D eigenvalue weighted by atomic mass is 9.70. The third kappa shape index (κ3) is 4.49. The summed E-state index contributed by atoms with van der Waals surface area (Å²) < 4.78 is 10.9. The first-order valence-corrected chi connectivity index (χ1v) is 8.34. The van der Waals surface area contributed by atoms with Crippen LogP contribution in [0.2, 0.25) is 0 Å². The number of carbonyl (C=O) groups excluding carboxylic acids is 1. The van der Waals surface area contributed by atoms with E-state index in [1.807, 2.05) is 19.1 Å². The minimum absolute atomic E-state index is 0.0465. The maximum Gasteiger partial charge on any atom is 0.314 e. The van der Waals surface area contributed by atoms with Gasteiger partial charge in [-0.3, -0.25) is 4.79 Å². The standard InChI is InChI=1S/C19H28O3/c1-5-21-16-10-12-17(13-11-16)22-18(20)14-6-8-15(9-7-14)19(2,3)4/h10-15H,5-9H2,1-4H3. The molecular formula is C19H28O3. The van der Waals surface area contributed by atoms with Crippen molar-refractivity contribution < 1.29 is 14.3 Å². The van der Waals surface area contributed by atoms with Gasteiger partial charge in [-0.2, -0.15) is 0 Å². The van der Waals surface area contributed by atoms with Crippen molar-refractivity contribution in [3.63, 3.8) is 0 Å². The molecule has 0 aromatic heterocycles. The van der Waals surface area contributed by atoms with Gasteiger partial charge in [0, 0.05) is 0 Å². The van der Waals surface area contributed by atoms with E-state index in [1.54, 1.807) is 12.1 Å². The SMILES string of the molecule is CCOc1ccc(OC(=O)C2CCC(C(C)(C)C)CC2)cc1. The zero-order valence-electron chi connectivity index (χ0n) is 14.2. The van der Waals surface area contributed by atoms with Crippen LogP contribution in [0.15, 0.2) is 24.3 Å². The Morgan fingerprint density at radius 1 is 1.05 bits per heavy atom. The molecule has 1 saturated carbocycles. The van der Waals surface area contributed by atoms with Crippen molar-refractivity contribution in [3.05, 3.63) is 24.3 Å². The molecule has 1 fully saturated rings. The summed E-state index contributed by atoms with van der Waals surface area (Å²) in [5.41, 5.74) is 0.337. The predicted octanol–water partition coefficient (Wildman–Crippen LogP) is 4.84. The Labute approximate surface area is 134 Å². The molecule has 0 radical (unpaired) electrons. The van der Waals surface area contributed by atoms with Crippen LogP contribution in [0.3, 0.4) is 0 Å². The molecule has 3 heteroatoms. The van der Waals surface area contributed by atoms with Crippen molar-refractivity contribution in [2.75, 3.05) is 6.61 Å². The monoisotopic (exact) mass is 304 g/mol. The van der Waals surface area contributed by atoms with Crippen molar-refractivity contribution in [1.82, 2.24) is 0 Å². The van der Waals surface area contributed by atoms with Gasteiger partial charge in [0.25, 0.3) is 0 Å². The van der Waals surface area contributed by atoms with E-state index in [9.17, 15) is 4.79 Å². The fourth-order valence-electron chi connectivity index (χ4n) is 3.17. The van der Waals surface area contributed by atoms with Crippen molar-refractivity contribution in [1.29, 1.82) is 0 Å². The first-order chi connectivity index (χ1) is 10.4. The van der Waals surface area contributed by atoms with E-state index in [2.05, 4.69) is 20.8 Å². The predicted molar refractivity (Wildman–Crippen MR) is 88.1 cm³/mol. The maximum atomic E-state index is 12.3. The van der Waals surface area contributed by atoms with Crippen LogP contribution >= 0.6 is 0 Å². The van der Waals surface area contributed by atoms with E-state index in [-0.39, 0.29) is 11.9 Å². The average Bonchev–Trinajstić information content (AvgIpc) is 2.49.